The molecule has 4 rings (SSSR count). The minimum atomic E-state index is -0.395. The van der Waals surface area contributed by atoms with Crippen LogP contribution in [-0.2, 0) is 0 Å². The second kappa shape index (κ2) is 8.16. The summed E-state index contributed by atoms with van der Waals surface area (Å²) in [6.45, 7) is 1.85. The maximum Gasteiger partial charge on any atom is 0.293 e. The predicted molar refractivity (Wildman–Crippen MR) is 118 cm³/mol. The monoisotopic (exact) mass is 402 g/mol. The Labute approximate surface area is 173 Å². The quantitative estimate of drug-likeness (QED) is 0.431. The lowest BCUT2D eigenvalue weighted by Crippen LogP contribution is -2.34. The number of para-hydroxylation sites is 2. The third-order valence-corrected chi connectivity index (χ3v) is 4.55. The van der Waals surface area contributed by atoms with Gasteiger partial charge in [-0.3, -0.25) is 10.1 Å². The first-order valence-electron chi connectivity index (χ1n) is 9.03. The minimum Gasteiger partial charge on any atom is -0.457 e. The Bertz CT molecular complexity index is 1190. The van der Waals surface area contributed by atoms with E-state index in [4.69, 9.17) is 21.4 Å². The zero-order chi connectivity index (χ0) is 20.2. The number of rotatable bonds is 4. The number of hydrogen-bond donors (Lipinski definition) is 2. The topological polar surface area (TPSA) is 63.5 Å². The Balaban J connectivity index is 1.43. The number of carbonyl (C=O) groups is 1. The first-order valence-corrected chi connectivity index (χ1v) is 9.44. The predicted octanol–water partition coefficient (Wildman–Crippen LogP) is 5.66. The Kier molecular flexibility index (Phi) is 5.27. The lowest BCUT2D eigenvalue weighted by molar-refractivity contribution is 0.0952. The summed E-state index contributed by atoms with van der Waals surface area (Å²) in [6, 6.07) is 24.3. The van der Waals surface area contributed by atoms with Crippen molar-refractivity contribution in [3.63, 3.8) is 0 Å². The van der Waals surface area contributed by atoms with Gasteiger partial charge in [0, 0.05) is 22.7 Å². The number of hydrogen-bond acceptors (Lipinski definition) is 4. The SMILES string of the molecule is Cc1c(C(=O)NC(=S)Nc2cccc(Oc3ccccc3)c2)oc2ccccc12. The molecule has 0 unspecified atom stereocenters. The van der Waals surface area contributed by atoms with E-state index in [9.17, 15) is 4.79 Å². The Hall–Kier alpha value is -3.64. The molecule has 144 valence electrons. The third kappa shape index (κ3) is 4.28. The molecule has 0 radical (unpaired) electrons. The summed E-state index contributed by atoms with van der Waals surface area (Å²) in [5, 5.41) is 6.74. The van der Waals surface area contributed by atoms with Crippen LogP contribution in [0.15, 0.2) is 83.3 Å². The Morgan fingerprint density at radius 2 is 1.66 bits per heavy atom. The van der Waals surface area contributed by atoms with Crippen LogP contribution in [0.25, 0.3) is 11.0 Å². The molecule has 0 atom stereocenters. The number of anilines is 1. The van der Waals surface area contributed by atoms with Gasteiger partial charge in [-0.15, -0.1) is 0 Å². The summed E-state index contributed by atoms with van der Waals surface area (Å²) in [7, 11) is 0. The first kappa shape index (κ1) is 18.7. The molecule has 6 heteroatoms. The van der Waals surface area contributed by atoms with E-state index in [2.05, 4.69) is 10.6 Å². The van der Waals surface area contributed by atoms with E-state index in [0.717, 1.165) is 16.7 Å². The molecule has 2 N–H and O–H groups in total. The van der Waals surface area contributed by atoms with Crippen molar-refractivity contribution in [2.75, 3.05) is 5.32 Å². The highest BCUT2D eigenvalue weighted by atomic mass is 32.1. The van der Waals surface area contributed by atoms with Gasteiger partial charge in [0.1, 0.15) is 17.1 Å². The second-order valence-electron chi connectivity index (χ2n) is 6.40. The van der Waals surface area contributed by atoms with E-state index in [1.54, 1.807) is 6.07 Å². The highest BCUT2D eigenvalue weighted by Crippen LogP contribution is 2.25. The largest absolute Gasteiger partial charge is 0.457 e. The fourth-order valence-corrected chi connectivity index (χ4v) is 3.19. The third-order valence-electron chi connectivity index (χ3n) is 4.35. The first-order chi connectivity index (χ1) is 14.1. The van der Waals surface area contributed by atoms with Crippen LogP contribution in [0.3, 0.4) is 0 Å². The molecule has 0 saturated heterocycles. The Morgan fingerprint density at radius 1 is 0.931 bits per heavy atom. The molecule has 0 aliphatic heterocycles. The molecular weight excluding hydrogens is 384 g/mol. The number of ether oxygens (including phenoxy) is 1. The summed E-state index contributed by atoms with van der Waals surface area (Å²) >= 11 is 5.28. The van der Waals surface area contributed by atoms with Crippen molar-refractivity contribution in [2.24, 2.45) is 0 Å². The molecule has 0 saturated carbocycles. The number of aryl methyl sites for hydroxylation is 1. The molecule has 0 bridgehead atoms. The minimum absolute atomic E-state index is 0.173. The molecular formula is C23H18N2O3S. The number of carbonyl (C=O) groups excluding carboxylic acids is 1. The van der Waals surface area contributed by atoms with Crippen LogP contribution in [0.1, 0.15) is 16.1 Å². The number of fused-ring (bicyclic) bond motifs is 1. The fraction of sp³-hybridized carbons (Fsp3) is 0.0435. The molecule has 0 aliphatic carbocycles. The maximum absolute atomic E-state index is 12.6. The van der Waals surface area contributed by atoms with E-state index in [0.29, 0.717) is 17.0 Å². The number of nitrogens with one attached hydrogen (secondary N) is 2. The normalized spacial score (nSPS) is 10.5. The van der Waals surface area contributed by atoms with Crippen LogP contribution >= 0.6 is 12.2 Å². The van der Waals surface area contributed by atoms with Crippen molar-refractivity contribution in [1.29, 1.82) is 0 Å². The summed E-state index contributed by atoms with van der Waals surface area (Å²) in [4.78, 5) is 12.6. The van der Waals surface area contributed by atoms with Crippen molar-refractivity contribution in [3.8, 4) is 11.5 Å². The number of furan rings is 1. The molecule has 5 nitrogen and oxygen atoms in total. The van der Waals surface area contributed by atoms with E-state index in [-0.39, 0.29) is 10.9 Å². The molecule has 3 aromatic carbocycles. The van der Waals surface area contributed by atoms with Gasteiger partial charge >= 0.3 is 0 Å². The van der Waals surface area contributed by atoms with Gasteiger partial charge in [-0.25, -0.2) is 0 Å². The average molecular weight is 402 g/mol. The zero-order valence-electron chi connectivity index (χ0n) is 15.6. The molecule has 4 aromatic rings. The van der Waals surface area contributed by atoms with Crippen molar-refractivity contribution >= 4 is 39.9 Å². The van der Waals surface area contributed by atoms with Gasteiger partial charge in [0.25, 0.3) is 5.91 Å². The highest BCUT2D eigenvalue weighted by Gasteiger charge is 2.18. The molecule has 1 aromatic heterocycles. The molecule has 0 spiro atoms. The van der Waals surface area contributed by atoms with Crippen LogP contribution in [0, 0.1) is 6.92 Å². The lowest BCUT2D eigenvalue weighted by atomic mass is 10.1. The van der Waals surface area contributed by atoms with E-state index in [1.807, 2.05) is 79.7 Å². The maximum atomic E-state index is 12.6. The second-order valence-corrected chi connectivity index (χ2v) is 6.81. The molecule has 1 amide bonds. The van der Waals surface area contributed by atoms with Crippen molar-refractivity contribution < 1.29 is 13.9 Å². The number of thiocarbonyl (C=S) groups is 1. The molecule has 0 fully saturated rings. The standard InChI is InChI=1S/C23H18N2O3S/c1-15-19-12-5-6-13-20(19)28-21(15)22(26)25-23(29)24-16-8-7-11-18(14-16)27-17-9-3-2-4-10-17/h2-14H,1H3,(H2,24,25,26,29). The summed E-state index contributed by atoms with van der Waals surface area (Å²) in [5.74, 6) is 1.24. The van der Waals surface area contributed by atoms with Crippen molar-refractivity contribution in [3.05, 3.63) is 90.2 Å². The number of amides is 1. The highest BCUT2D eigenvalue weighted by molar-refractivity contribution is 7.80. The Morgan fingerprint density at radius 3 is 2.45 bits per heavy atom. The van der Waals surface area contributed by atoms with Crippen molar-refractivity contribution in [1.82, 2.24) is 5.32 Å². The van der Waals surface area contributed by atoms with Gasteiger partial charge in [-0.2, -0.15) is 0 Å². The zero-order valence-corrected chi connectivity index (χ0v) is 16.5. The van der Waals surface area contributed by atoms with Gasteiger partial charge in [0.15, 0.2) is 10.9 Å². The van der Waals surface area contributed by atoms with E-state index < -0.39 is 5.91 Å². The summed E-state index contributed by atoms with van der Waals surface area (Å²) in [5.41, 5.74) is 2.14. The van der Waals surface area contributed by atoms with Gasteiger partial charge in [0.05, 0.1) is 0 Å². The lowest BCUT2D eigenvalue weighted by Gasteiger charge is -2.11. The van der Waals surface area contributed by atoms with E-state index >= 15 is 0 Å². The van der Waals surface area contributed by atoms with Crippen LogP contribution in [0.5, 0.6) is 11.5 Å². The van der Waals surface area contributed by atoms with Gasteiger partial charge in [-0.05, 0) is 49.5 Å². The van der Waals surface area contributed by atoms with Gasteiger partial charge in [0.2, 0.25) is 0 Å². The summed E-state index contributed by atoms with van der Waals surface area (Å²) < 4.78 is 11.5. The average Bonchev–Trinajstić information content (AvgIpc) is 3.06. The van der Waals surface area contributed by atoms with Gasteiger partial charge in [-0.1, -0.05) is 42.5 Å². The van der Waals surface area contributed by atoms with Crippen LogP contribution in [0.2, 0.25) is 0 Å². The van der Waals surface area contributed by atoms with Crippen LogP contribution < -0.4 is 15.4 Å². The van der Waals surface area contributed by atoms with Crippen LogP contribution in [0.4, 0.5) is 5.69 Å². The summed E-state index contributed by atoms with van der Waals surface area (Å²) in [6.07, 6.45) is 0. The number of benzene rings is 3. The smallest absolute Gasteiger partial charge is 0.293 e. The molecule has 0 aliphatic rings. The fourth-order valence-electron chi connectivity index (χ4n) is 2.98. The molecule has 29 heavy (non-hydrogen) atoms. The van der Waals surface area contributed by atoms with Crippen molar-refractivity contribution in [2.45, 2.75) is 6.92 Å². The molecule has 1 heterocycles. The van der Waals surface area contributed by atoms with E-state index in [1.165, 1.54) is 0 Å². The van der Waals surface area contributed by atoms with Gasteiger partial charge < -0.3 is 14.5 Å². The van der Waals surface area contributed by atoms with Crippen LogP contribution in [-0.4, -0.2) is 11.0 Å².